The smallest absolute Gasteiger partial charge is 0.292 e. The third-order valence-corrected chi connectivity index (χ3v) is 4.31. The average molecular weight is 385 g/mol. The van der Waals surface area contributed by atoms with Gasteiger partial charge in [0.25, 0.3) is 5.91 Å². The Morgan fingerprint density at radius 3 is 2.43 bits per heavy atom. The van der Waals surface area contributed by atoms with Gasteiger partial charge in [0.2, 0.25) is 0 Å². The zero-order valence-electron chi connectivity index (χ0n) is 16.3. The number of benzene rings is 1. The summed E-state index contributed by atoms with van der Waals surface area (Å²) < 4.78 is 23.6. The van der Waals surface area contributed by atoms with Gasteiger partial charge in [0.15, 0.2) is 5.76 Å². The zero-order chi connectivity index (χ0) is 20.1. The largest absolute Gasteiger partial charge is 0.496 e. The van der Waals surface area contributed by atoms with Crippen molar-refractivity contribution in [3.8, 4) is 17.2 Å². The van der Waals surface area contributed by atoms with E-state index in [0.29, 0.717) is 41.8 Å². The lowest BCUT2D eigenvalue weighted by Gasteiger charge is -2.14. The molecule has 0 fully saturated rings. The van der Waals surface area contributed by atoms with E-state index in [4.69, 9.17) is 18.6 Å². The van der Waals surface area contributed by atoms with E-state index in [1.54, 1.807) is 62.5 Å². The van der Waals surface area contributed by atoms with E-state index >= 15 is 0 Å². The second kappa shape index (κ2) is 8.51. The summed E-state index contributed by atoms with van der Waals surface area (Å²) in [6.07, 6.45) is 2.03. The molecule has 0 unspecified atom stereocenters. The maximum absolute atomic E-state index is 12.5. The van der Waals surface area contributed by atoms with Crippen LogP contribution >= 0.6 is 0 Å². The van der Waals surface area contributed by atoms with Gasteiger partial charge < -0.3 is 23.9 Å². The molecule has 0 aliphatic carbocycles. The number of rotatable bonds is 8. The molecule has 0 bridgehead atoms. The molecule has 0 atom stereocenters. The first-order chi connectivity index (χ1) is 13.6. The minimum absolute atomic E-state index is 0.213. The molecule has 2 aromatic heterocycles. The second-order valence-electron chi connectivity index (χ2n) is 5.94. The number of anilines is 1. The molecular formula is C20H23N3O5. The van der Waals surface area contributed by atoms with Gasteiger partial charge in [-0.25, -0.2) is 4.68 Å². The molecule has 0 radical (unpaired) electrons. The number of aryl methyl sites for hydroxylation is 1. The van der Waals surface area contributed by atoms with Crippen LogP contribution in [0.5, 0.6) is 17.2 Å². The van der Waals surface area contributed by atoms with E-state index < -0.39 is 0 Å². The average Bonchev–Trinajstić information content (AvgIpc) is 3.37. The first-order valence-corrected chi connectivity index (χ1v) is 8.80. The Kier molecular flexibility index (Phi) is 5.88. The number of furan rings is 1. The molecule has 0 saturated carbocycles. The normalized spacial score (nSPS) is 10.6. The first kappa shape index (κ1) is 19.3. The number of ether oxygens (including phenoxy) is 3. The lowest BCUT2D eigenvalue weighted by atomic mass is 10.1. The van der Waals surface area contributed by atoms with Crippen LogP contribution in [0, 0.1) is 0 Å². The van der Waals surface area contributed by atoms with Crippen LogP contribution in [-0.2, 0) is 13.0 Å². The highest BCUT2D eigenvalue weighted by molar-refractivity contribution is 6.01. The van der Waals surface area contributed by atoms with E-state index in [9.17, 15) is 4.79 Å². The maximum atomic E-state index is 12.5. The molecule has 0 spiro atoms. The van der Waals surface area contributed by atoms with Crippen molar-refractivity contribution in [3.05, 3.63) is 53.6 Å². The fraction of sp³-hybridized carbons (Fsp3) is 0.300. The highest BCUT2D eigenvalue weighted by atomic mass is 16.5. The summed E-state index contributed by atoms with van der Waals surface area (Å²) >= 11 is 0. The van der Waals surface area contributed by atoms with Gasteiger partial charge >= 0.3 is 0 Å². The van der Waals surface area contributed by atoms with Crippen molar-refractivity contribution >= 4 is 11.7 Å². The number of hydrogen-bond donors (Lipinski definition) is 1. The fourth-order valence-electron chi connectivity index (χ4n) is 2.89. The molecule has 1 N–H and O–H groups in total. The number of amides is 1. The molecule has 0 saturated heterocycles. The van der Waals surface area contributed by atoms with Gasteiger partial charge in [-0.2, -0.15) is 5.10 Å². The Bertz CT molecular complexity index is 935. The molecule has 148 valence electrons. The molecule has 3 aromatic rings. The number of aromatic nitrogens is 2. The molecule has 1 amide bonds. The molecule has 3 rings (SSSR count). The van der Waals surface area contributed by atoms with Crippen LogP contribution in [0.25, 0.3) is 0 Å². The number of nitrogens with one attached hydrogen (secondary N) is 1. The number of hydrogen-bond acceptors (Lipinski definition) is 6. The van der Waals surface area contributed by atoms with E-state index in [2.05, 4.69) is 10.4 Å². The van der Waals surface area contributed by atoms with Crippen molar-refractivity contribution in [1.82, 2.24) is 9.78 Å². The third kappa shape index (κ3) is 3.95. The van der Waals surface area contributed by atoms with Gasteiger partial charge in [0.1, 0.15) is 28.8 Å². The highest BCUT2D eigenvalue weighted by Crippen LogP contribution is 2.35. The summed E-state index contributed by atoms with van der Waals surface area (Å²) in [7, 11) is 4.74. The predicted molar refractivity (Wildman–Crippen MR) is 103 cm³/mol. The van der Waals surface area contributed by atoms with Gasteiger partial charge in [-0.05, 0) is 19.1 Å². The summed E-state index contributed by atoms with van der Waals surface area (Å²) in [6.45, 7) is 2.60. The molecular weight excluding hydrogens is 362 g/mol. The van der Waals surface area contributed by atoms with E-state index in [1.165, 1.54) is 0 Å². The van der Waals surface area contributed by atoms with Gasteiger partial charge in [-0.1, -0.05) is 0 Å². The molecule has 0 aliphatic rings. The summed E-state index contributed by atoms with van der Waals surface area (Å²) in [5.41, 5.74) is 0.802. The number of carbonyl (C=O) groups excluding carboxylic acids is 1. The topological polar surface area (TPSA) is 87.8 Å². The van der Waals surface area contributed by atoms with Gasteiger partial charge in [-0.15, -0.1) is 0 Å². The molecule has 8 heteroatoms. The lowest BCUT2D eigenvalue weighted by Crippen LogP contribution is -2.14. The maximum Gasteiger partial charge on any atom is 0.292 e. The molecule has 1 aromatic carbocycles. The summed E-state index contributed by atoms with van der Waals surface area (Å²) in [6, 6.07) is 8.69. The number of methoxy groups -OCH3 is 3. The lowest BCUT2D eigenvalue weighted by molar-refractivity contribution is 0.0994. The Labute approximate surface area is 163 Å². The van der Waals surface area contributed by atoms with Crippen LogP contribution in [0.1, 0.15) is 28.8 Å². The van der Waals surface area contributed by atoms with Crippen LogP contribution < -0.4 is 19.5 Å². The van der Waals surface area contributed by atoms with Crippen LogP contribution in [0.3, 0.4) is 0 Å². The SMILES string of the molecule is CCn1nccc1NC(=O)c1ccc(Cc2c(OC)cc(OC)cc2OC)o1. The number of carbonyl (C=O) groups is 1. The Balaban J connectivity index is 1.80. The van der Waals surface area contributed by atoms with Crippen LogP contribution in [0.15, 0.2) is 40.9 Å². The van der Waals surface area contributed by atoms with Crippen LogP contribution in [0.4, 0.5) is 5.82 Å². The summed E-state index contributed by atoms with van der Waals surface area (Å²) in [4.78, 5) is 12.5. The fourth-order valence-corrected chi connectivity index (χ4v) is 2.89. The van der Waals surface area contributed by atoms with Crippen molar-refractivity contribution in [3.63, 3.8) is 0 Å². The van der Waals surface area contributed by atoms with E-state index in [1.807, 2.05) is 6.92 Å². The van der Waals surface area contributed by atoms with E-state index in [-0.39, 0.29) is 11.7 Å². The second-order valence-corrected chi connectivity index (χ2v) is 5.94. The Hall–Kier alpha value is -3.42. The summed E-state index contributed by atoms with van der Waals surface area (Å²) in [5, 5.41) is 6.93. The molecule has 28 heavy (non-hydrogen) atoms. The van der Waals surface area contributed by atoms with Gasteiger partial charge in [-0.3, -0.25) is 4.79 Å². The third-order valence-electron chi connectivity index (χ3n) is 4.31. The first-order valence-electron chi connectivity index (χ1n) is 8.80. The van der Waals surface area contributed by atoms with Crippen molar-refractivity contribution < 1.29 is 23.4 Å². The van der Waals surface area contributed by atoms with E-state index in [0.717, 1.165) is 5.56 Å². The Morgan fingerprint density at radius 2 is 1.82 bits per heavy atom. The summed E-state index contributed by atoms with van der Waals surface area (Å²) in [5.74, 6) is 2.96. The highest BCUT2D eigenvalue weighted by Gasteiger charge is 2.18. The van der Waals surface area contributed by atoms with Gasteiger partial charge in [0.05, 0.1) is 27.5 Å². The molecule has 2 heterocycles. The van der Waals surface area contributed by atoms with Crippen molar-refractivity contribution in [1.29, 1.82) is 0 Å². The standard InChI is InChI=1S/C20H23N3O5/c1-5-23-19(8-9-21-23)22-20(24)16-7-6-13(28-16)10-15-17(26-3)11-14(25-2)12-18(15)27-4/h6-9,11-12H,5,10H2,1-4H3,(H,22,24). The van der Waals surface area contributed by atoms with Crippen LogP contribution in [0.2, 0.25) is 0 Å². The number of nitrogens with zero attached hydrogens (tertiary/aromatic N) is 2. The van der Waals surface area contributed by atoms with Crippen LogP contribution in [-0.4, -0.2) is 37.0 Å². The monoisotopic (exact) mass is 385 g/mol. The van der Waals surface area contributed by atoms with Crippen molar-refractivity contribution in [2.45, 2.75) is 19.9 Å². The van der Waals surface area contributed by atoms with Crippen molar-refractivity contribution in [2.24, 2.45) is 0 Å². The quantitative estimate of drug-likeness (QED) is 0.640. The molecule has 8 nitrogen and oxygen atoms in total. The minimum Gasteiger partial charge on any atom is -0.496 e. The molecule has 0 aliphatic heterocycles. The minimum atomic E-state index is -0.338. The van der Waals surface area contributed by atoms with Gasteiger partial charge in [0, 0.05) is 36.7 Å². The van der Waals surface area contributed by atoms with Crippen molar-refractivity contribution in [2.75, 3.05) is 26.6 Å². The Morgan fingerprint density at radius 1 is 1.11 bits per heavy atom. The zero-order valence-corrected chi connectivity index (χ0v) is 16.3. The predicted octanol–water partition coefficient (Wildman–Crippen LogP) is 3.36.